The Labute approximate surface area is 188 Å². The molecule has 0 radical (unpaired) electrons. The highest BCUT2D eigenvalue weighted by molar-refractivity contribution is 7.89. The van der Waals surface area contributed by atoms with E-state index in [1.807, 2.05) is 11.8 Å². The summed E-state index contributed by atoms with van der Waals surface area (Å²) in [6.07, 6.45) is 4.37. The van der Waals surface area contributed by atoms with Gasteiger partial charge in [0, 0.05) is 29.6 Å². The number of hydrogen-bond acceptors (Lipinski definition) is 5. The molecule has 0 saturated carbocycles. The molecule has 4 rings (SSSR count). The van der Waals surface area contributed by atoms with Crippen LogP contribution >= 0.6 is 11.3 Å². The SMILES string of the molecule is CC[C@@H]1c2ccsc2CCN1C(=O)c1ccc(OC)c(S(=O)(=O)N2CCCC[C@H]2C)c1. The molecule has 0 aliphatic carbocycles. The van der Waals surface area contributed by atoms with E-state index in [4.69, 9.17) is 4.74 Å². The van der Waals surface area contributed by atoms with E-state index in [1.54, 1.807) is 27.8 Å². The molecular weight excluding hydrogens is 432 g/mol. The van der Waals surface area contributed by atoms with Crippen LogP contribution < -0.4 is 4.74 Å². The number of sulfonamides is 1. The third-order valence-corrected chi connectivity index (χ3v) is 9.51. The Kier molecular flexibility index (Phi) is 6.42. The molecule has 2 aliphatic heterocycles. The number of carbonyl (C=O) groups is 1. The van der Waals surface area contributed by atoms with Crippen molar-refractivity contribution in [2.45, 2.75) is 62.9 Å². The van der Waals surface area contributed by atoms with E-state index in [2.05, 4.69) is 18.4 Å². The van der Waals surface area contributed by atoms with Crippen molar-refractivity contribution in [3.05, 3.63) is 45.6 Å². The summed E-state index contributed by atoms with van der Waals surface area (Å²) < 4.78 is 33.9. The number of hydrogen-bond donors (Lipinski definition) is 0. The van der Waals surface area contributed by atoms with Gasteiger partial charge < -0.3 is 9.64 Å². The van der Waals surface area contributed by atoms with Gasteiger partial charge in [-0.2, -0.15) is 4.31 Å². The summed E-state index contributed by atoms with van der Waals surface area (Å²) >= 11 is 1.74. The quantitative estimate of drug-likeness (QED) is 0.658. The Morgan fingerprint density at radius 2 is 2.03 bits per heavy atom. The van der Waals surface area contributed by atoms with Crippen molar-refractivity contribution in [2.75, 3.05) is 20.2 Å². The van der Waals surface area contributed by atoms with Gasteiger partial charge in [-0.15, -0.1) is 11.3 Å². The van der Waals surface area contributed by atoms with Gasteiger partial charge in [-0.1, -0.05) is 13.3 Å². The number of thiophene rings is 1. The molecule has 3 heterocycles. The highest BCUT2D eigenvalue weighted by Gasteiger charge is 2.35. The van der Waals surface area contributed by atoms with Crippen LogP contribution in [0.1, 0.15) is 66.4 Å². The summed E-state index contributed by atoms with van der Waals surface area (Å²) in [6.45, 7) is 5.16. The topological polar surface area (TPSA) is 66.9 Å². The highest BCUT2D eigenvalue weighted by atomic mass is 32.2. The maximum Gasteiger partial charge on any atom is 0.254 e. The fourth-order valence-electron chi connectivity index (χ4n) is 4.81. The van der Waals surface area contributed by atoms with E-state index in [1.165, 1.54) is 23.6 Å². The van der Waals surface area contributed by atoms with Crippen LogP contribution in [0.15, 0.2) is 34.5 Å². The summed E-state index contributed by atoms with van der Waals surface area (Å²) in [4.78, 5) is 16.8. The zero-order valence-corrected chi connectivity index (χ0v) is 20.0. The molecule has 1 aromatic heterocycles. The van der Waals surface area contributed by atoms with E-state index in [-0.39, 0.29) is 28.6 Å². The minimum absolute atomic E-state index is 0.0202. The lowest BCUT2D eigenvalue weighted by Crippen LogP contribution is -2.42. The Morgan fingerprint density at radius 1 is 1.23 bits per heavy atom. The zero-order chi connectivity index (χ0) is 22.2. The number of ether oxygens (including phenoxy) is 1. The molecule has 6 nitrogen and oxygen atoms in total. The fourth-order valence-corrected chi connectivity index (χ4v) is 7.62. The van der Waals surface area contributed by atoms with E-state index in [0.29, 0.717) is 18.7 Å². The number of piperidine rings is 1. The van der Waals surface area contributed by atoms with Crippen molar-refractivity contribution in [2.24, 2.45) is 0 Å². The first-order chi connectivity index (χ1) is 14.9. The number of carbonyl (C=O) groups excluding carboxylic acids is 1. The molecule has 1 aromatic carbocycles. The van der Waals surface area contributed by atoms with Crippen molar-refractivity contribution in [3.63, 3.8) is 0 Å². The molecule has 2 aromatic rings. The Balaban J connectivity index is 1.70. The van der Waals surface area contributed by atoms with Gasteiger partial charge in [0.1, 0.15) is 10.6 Å². The van der Waals surface area contributed by atoms with E-state index >= 15 is 0 Å². The van der Waals surface area contributed by atoms with Crippen molar-refractivity contribution >= 4 is 27.3 Å². The van der Waals surface area contributed by atoms with Crippen molar-refractivity contribution in [3.8, 4) is 5.75 Å². The van der Waals surface area contributed by atoms with Gasteiger partial charge in [-0.3, -0.25) is 4.79 Å². The third-order valence-electron chi connectivity index (χ3n) is 6.48. The highest BCUT2D eigenvalue weighted by Crippen LogP contribution is 2.37. The van der Waals surface area contributed by atoms with E-state index in [9.17, 15) is 13.2 Å². The van der Waals surface area contributed by atoms with Crippen LogP contribution in [0.2, 0.25) is 0 Å². The van der Waals surface area contributed by atoms with Gasteiger partial charge in [0.2, 0.25) is 10.0 Å². The van der Waals surface area contributed by atoms with Crippen molar-refractivity contribution in [1.82, 2.24) is 9.21 Å². The minimum atomic E-state index is -3.76. The number of methoxy groups -OCH3 is 1. The van der Waals surface area contributed by atoms with Crippen LogP contribution in [0.3, 0.4) is 0 Å². The van der Waals surface area contributed by atoms with Gasteiger partial charge in [0.25, 0.3) is 5.91 Å². The average Bonchev–Trinajstić information content (AvgIpc) is 3.26. The lowest BCUT2D eigenvalue weighted by molar-refractivity contribution is 0.0657. The first-order valence-electron chi connectivity index (χ1n) is 11.0. The van der Waals surface area contributed by atoms with Crippen LogP contribution in [-0.2, 0) is 16.4 Å². The molecule has 0 unspecified atom stereocenters. The third kappa shape index (κ3) is 4.01. The normalized spacial score (nSPS) is 22.2. The standard InChI is InChI=1S/C23H30N2O4S2/c1-4-19-18-11-14-30-21(18)10-13-24(19)23(26)17-8-9-20(29-3)22(15-17)31(27,28)25-12-6-5-7-16(25)2/h8-9,11,14-16,19H,4-7,10,12-13H2,1-3H3/t16-,19-/m1/s1. The van der Waals surface area contributed by atoms with Gasteiger partial charge >= 0.3 is 0 Å². The predicted molar refractivity (Wildman–Crippen MR) is 122 cm³/mol. The molecule has 2 aliphatic rings. The molecular formula is C23H30N2O4S2. The number of nitrogens with zero attached hydrogens (tertiary/aromatic N) is 2. The molecule has 1 saturated heterocycles. The maximum absolute atomic E-state index is 13.5. The van der Waals surface area contributed by atoms with Crippen LogP contribution in [0, 0.1) is 0 Å². The number of fused-ring (bicyclic) bond motifs is 1. The number of amides is 1. The second-order valence-corrected chi connectivity index (χ2v) is 11.2. The Morgan fingerprint density at radius 3 is 2.74 bits per heavy atom. The monoisotopic (exact) mass is 462 g/mol. The van der Waals surface area contributed by atoms with Crippen LogP contribution in [0.4, 0.5) is 0 Å². The van der Waals surface area contributed by atoms with E-state index in [0.717, 1.165) is 32.1 Å². The first-order valence-corrected chi connectivity index (χ1v) is 13.3. The number of rotatable bonds is 5. The van der Waals surface area contributed by atoms with Crippen LogP contribution in [0.25, 0.3) is 0 Å². The first kappa shape index (κ1) is 22.3. The second kappa shape index (κ2) is 8.92. The summed E-state index contributed by atoms with van der Waals surface area (Å²) in [7, 11) is -2.30. The van der Waals surface area contributed by atoms with Crippen molar-refractivity contribution in [1.29, 1.82) is 0 Å². The second-order valence-electron chi connectivity index (χ2n) is 8.30. The average molecular weight is 463 g/mol. The van der Waals surface area contributed by atoms with Gasteiger partial charge in [-0.05, 0) is 67.8 Å². The summed E-state index contributed by atoms with van der Waals surface area (Å²) in [5.41, 5.74) is 1.61. The summed E-state index contributed by atoms with van der Waals surface area (Å²) in [5, 5.41) is 2.08. The molecule has 0 spiro atoms. The lowest BCUT2D eigenvalue weighted by Gasteiger charge is -2.36. The molecule has 31 heavy (non-hydrogen) atoms. The maximum atomic E-state index is 13.5. The Bertz CT molecular complexity index is 1060. The van der Waals surface area contributed by atoms with Gasteiger partial charge in [-0.25, -0.2) is 8.42 Å². The predicted octanol–water partition coefficient (Wildman–Crippen LogP) is 4.47. The smallest absolute Gasteiger partial charge is 0.254 e. The molecule has 2 atom stereocenters. The molecule has 1 amide bonds. The Hall–Kier alpha value is -1.90. The van der Waals surface area contributed by atoms with Crippen LogP contribution in [0.5, 0.6) is 5.75 Å². The lowest BCUT2D eigenvalue weighted by atomic mass is 9.97. The molecule has 8 heteroatoms. The molecule has 168 valence electrons. The largest absolute Gasteiger partial charge is 0.495 e. The van der Waals surface area contributed by atoms with E-state index < -0.39 is 10.0 Å². The minimum Gasteiger partial charge on any atom is -0.495 e. The van der Waals surface area contributed by atoms with Gasteiger partial charge in [0.15, 0.2) is 0 Å². The van der Waals surface area contributed by atoms with Crippen LogP contribution in [-0.4, -0.2) is 49.8 Å². The summed E-state index contributed by atoms with van der Waals surface area (Å²) in [5.74, 6) is 0.148. The molecule has 1 fully saturated rings. The zero-order valence-electron chi connectivity index (χ0n) is 18.3. The molecule has 0 bridgehead atoms. The fraction of sp³-hybridized carbons (Fsp3) is 0.522. The summed E-state index contributed by atoms with van der Waals surface area (Å²) in [6, 6.07) is 6.85. The van der Waals surface area contributed by atoms with Crippen molar-refractivity contribution < 1.29 is 17.9 Å². The molecule has 0 N–H and O–H groups in total. The number of benzene rings is 1. The van der Waals surface area contributed by atoms with Gasteiger partial charge in [0.05, 0.1) is 13.2 Å².